The van der Waals surface area contributed by atoms with Gasteiger partial charge in [0.05, 0.1) is 25.7 Å². The van der Waals surface area contributed by atoms with Gasteiger partial charge < -0.3 is 24.4 Å². The molecule has 29 heavy (non-hydrogen) atoms. The number of rotatable bonds is 6. The van der Waals surface area contributed by atoms with E-state index in [1.165, 1.54) is 0 Å². The molecule has 2 heterocycles. The Morgan fingerprint density at radius 3 is 2.83 bits per heavy atom. The van der Waals surface area contributed by atoms with Gasteiger partial charge in [-0.25, -0.2) is 0 Å². The number of hydrogen-bond donors (Lipinski definition) is 1. The lowest BCUT2D eigenvalue weighted by Gasteiger charge is -2.37. The van der Waals surface area contributed by atoms with Gasteiger partial charge in [0.1, 0.15) is 23.1 Å². The highest BCUT2D eigenvalue weighted by Gasteiger charge is 2.44. The molecule has 1 aromatic carbocycles. The summed E-state index contributed by atoms with van der Waals surface area (Å²) in [4.78, 5) is 39.4. The fraction of sp³-hybridized carbons (Fsp3) is 0.571. The van der Waals surface area contributed by atoms with Crippen molar-refractivity contribution in [3.63, 3.8) is 0 Å². The normalized spacial score (nSPS) is 22.5. The van der Waals surface area contributed by atoms with Gasteiger partial charge in [0.25, 0.3) is 0 Å². The quantitative estimate of drug-likeness (QED) is 0.724. The standard InChI is InChI=1S/C21H28N2O6/c1-14(20(26)22-9-11-27-2)23-10-8-21(7-6-19(23)25)13-17(24)16-5-4-15(28-3)12-18(16)29-21/h4-5,12,14H,6-11,13H2,1-3H3,(H,22,26)/t14-,21+/m0/s1. The van der Waals surface area contributed by atoms with Crippen LogP contribution in [0.15, 0.2) is 18.2 Å². The molecule has 158 valence electrons. The molecule has 1 N–H and O–H groups in total. The third kappa shape index (κ3) is 4.53. The Bertz CT molecular complexity index is 795. The molecule has 1 spiro atoms. The van der Waals surface area contributed by atoms with E-state index in [-0.39, 0.29) is 30.4 Å². The van der Waals surface area contributed by atoms with E-state index in [0.717, 1.165) is 0 Å². The Morgan fingerprint density at radius 2 is 2.10 bits per heavy atom. The number of amides is 2. The lowest BCUT2D eigenvalue weighted by Crippen LogP contribution is -2.49. The monoisotopic (exact) mass is 404 g/mol. The minimum absolute atomic E-state index is 0.000147. The lowest BCUT2D eigenvalue weighted by molar-refractivity contribution is -0.139. The maximum absolute atomic E-state index is 12.7. The van der Waals surface area contributed by atoms with Crippen molar-refractivity contribution in [2.45, 2.75) is 44.2 Å². The summed E-state index contributed by atoms with van der Waals surface area (Å²) < 4.78 is 16.5. The number of benzene rings is 1. The maximum Gasteiger partial charge on any atom is 0.242 e. The number of likely N-dealkylation sites (tertiary alicyclic amines) is 1. The molecule has 1 aromatic rings. The maximum atomic E-state index is 12.7. The highest BCUT2D eigenvalue weighted by molar-refractivity contribution is 6.00. The first kappa shape index (κ1) is 21.1. The summed E-state index contributed by atoms with van der Waals surface area (Å²) in [6.45, 7) is 2.87. The number of carbonyl (C=O) groups excluding carboxylic acids is 3. The van der Waals surface area contributed by atoms with E-state index in [9.17, 15) is 14.4 Å². The summed E-state index contributed by atoms with van der Waals surface area (Å²) in [6.07, 6.45) is 1.36. The van der Waals surface area contributed by atoms with Crippen LogP contribution in [0.25, 0.3) is 0 Å². The van der Waals surface area contributed by atoms with E-state index < -0.39 is 11.6 Å². The topological polar surface area (TPSA) is 94.2 Å². The van der Waals surface area contributed by atoms with Crippen LogP contribution in [0.4, 0.5) is 0 Å². The molecule has 2 atom stereocenters. The van der Waals surface area contributed by atoms with Crippen LogP contribution in [-0.4, -0.2) is 68.1 Å². The molecular weight excluding hydrogens is 376 g/mol. The van der Waals surface area contributed by atoms with E-state index in [0.29, 0.717) is 49.6 Å². The third-order valence-corrected chi connectivity index (χ3v) is 5.67. The molecule has 0 radical (unpaired) electrons. The second-order valence-electron chi connectivity index (χ2n) is 7.54. The van der Waals surface area contributed by atoms with Gasteiger partial charge in [-0.15, -0.1) is 0 Å². The minimum Gasteiger partial charge on any atom is -0.497 e. The molecule has 0 saturated carbocycles. The Morgan fingerprint density at radius 1 is 1.31 bits per heavy atom. The van der Waals surface area contributed by atoms with Crippen LogP contribution >= 0.6 is 0 Å². The van der Waals surface area contributed by atoms with Crippen molar-refractivity contribution in [2.75, 3.05) is 33.9 Å². The molecular formula is C21H28N2O6. The van der Waals surface area contributed by atoms with Gasteiger partial charge >= 0.3 is 0 Å². The van der Waals surface area contributed by atoms with Crippen molar-refractivity contribution in [2.24, 2.45) is 0 Å². The van der Waals surface area contributed by atoms with Gasteiger partial charge in [-0.3, -0.25) is 14.4 Å². The van der Waals surface area contributed by atoms with Crippen LogP contribution in [0.5, 0.6) is 11.5 Å². The molecule has 2 amide bonds. The number of methoxy groups -OCH3 is 2. The van der Waals surface area contributed by atoms with Gasteiger partial charge in [0.2, 0.25) is 11.8 Å². The van der Waals surface area contributed by atoms with E-state index >= 15 is 0 Å². The van der Waals surface area contributed by atoms with Crippen molar-refractivity contribution in [3.05, 3.63) is 23.8 Å². The third-order valence-electron chi connectivity index (χ3n) is 5.67. The smallest absolute Gasteiger partial charge is 0.242 e. The van der Waals surface area contributed by atoms with Crippen molar-refractivity contribution in [3.8, 4) is 11.5 Å². The van der Waals surface area contributed by atoms with E-state index in [1.807, 2.05) is 0 Å². The summed E-state index contributed by atoms with van der Waals surface area (Å²) >= 11 is 0. The zero-order valence-corrected chi connectivity index (χ0v) is 17.2. The van der Waals surface area contributed by atoms with Crippen molar-refractivity contribution in [1.82, 2.24) is 10.2 Å². The zero-order chi connectivity index (χ0) is 21.0. The fourth-order valence-corrected chi connectivity index (χ4v) is 3.91. The van der Waals surface area contributed by atoms with E-state index in [2.05, 4.69) is 5.32 Å². The molecule has 2 aliphatic rings. The average molecular weight is 404 g/mol. The second kappa shape index (κ2) is 8.82. The Hall–Kier alpha value is -2.61. The van der Waals surface area contributed by atoms with Crippen molar-refractivity contribution < 1.29 is 28.6 Å². The zero-order valence-electron chi connectivity index (χ0n) is 17.2. The highest BCUT2D eigenvalue weighted by atomic mass is 16.5. The Kier molecular flexibility index (Phi) is 6.42. The van der Waals surface area contributed by atoms with Crippen LogP contribution in [0.1, 0.15) is 43.0 Å². The van der Waals surface area contributed by atoms with Gasteiger partial charge in [-0.2, -0.15) is 0 Å². The predicted molar refractivity (Wildman–Crippen MR) is 105 cm³/mol. The molecule has 8 nitrogen and oxygen atoms in total. The predicted octanol–water partition coefficient (Wildman–Crippen LogP) is 1.56. The molecule has 8 heteroatoms. The van der Waals surface area contributed by atoms with Crippen LogP contribution in [-0.2, 0) is 14.3 Å². The second-order valence-corrected chi connectivity index (χ2v) is 7.54. The number of nitrogens with zero attached hydrogens (tertiary/aromatic N) is 1. The largest absolute Gasteiger partial charge is 0.497 e. The number of hydrogen-bond acceptors (Lipinski definition) is 6. The van der Waals surface area contributed by atoms with Crippen LogP contribution < -0.4 is 14.8 Å². The van der Waals surface area contributed by atoms with Gasteiger partial charge in [-0.05, 0) is 25.5 Å². The average Bonchev–Trinajstić information content (AvgIpc) is 2.86. The first-order valence-electron chi connectivity index (χ1n) is 9.85. The number of ether oxygens (including phenoxy) is 3. The molecule has 0 aromatic heterocycles. The molecule has 0 unspecified atom stereocenters. The summed E-state index contributed by atoms with van der Waals surface area (Å²) in [7, 11) is 3.12. The Balaban J connectivity index is 1.73. The number of ketones is 1. The fourth-order valence-electron chi connectivity index (χ4n) is 3.91. The van der Waals surface area contributed by atoms with E-state index in [4.69, 9.17) is 14.2 Å². The molecule has 0 bridgehead atoms. The van der Waals surface area contributed by atoms with Crippen LogP contribution in [0, 0.1) is 0 Å². The lowest BCUT2D eigenvalue weighted by atomic mass is 9.84. The van der Waals surface area contributed by atoms with Crippen LogP contribution in [0.3, 0.4) is 0 Å². The summed E-state index contributed by atoms with van der Waals surface area (Å²) in [6, 6.07) is 4.57. The van der Waals surface area contributed by atoms with Gasteiger partial charge in [0, 0.05) is 39.1 Å². The molecule has 1 fully saturated rings. The number of fused-ring (bicyclic) bond motifs is 1. The van der Waals surface area contributed by atoms with Gasteiger partial charge in [0.15, 0.2) is 5.78 Å². The van der Waals surface area contributed by atoms with Crippen molar-refractivity contribution in [1.29, 1.82) is 0 Å². The summed E-state index contributed by atoms with van der Waals surface area (Å²) in [5.74, 6) is 0.777. The van der Waals surface area contributed by atoms with Gasteiger partial charge in [-0.1, -0.05) is 0 Å². The molecule has 3 rings (SSSR count). The van der Waals surface area contributed by atoms with Crippen LogP contribution in [0.2, 0.25) is 0 Å². The Labute approximate surface area is 170 Å². The summed E-state index contributed by atoms with van der Waals surface area (Å²) in [5.41, 5.74) is -0.206. The number of Topliss-reactive ketones (excluding diaryl/α,β-unsaturated/α-hetero) is 1. The first-order chi connectivity index (χ1) is 13.9. The number of nitrogens with one attached hydrogen (secondary N) is 1. The molecule has 2 aliphatic heterocycles. The van der Waals surface area contributed by atoms with Crippen molar-refractivity contribution >= 4 is 17.6 Å². The summed E-state index contributed by atoms with van der Waals surface area (Å²) in [5, 5.41) is 2.77. The molecule has 0 aliphatic carbocycles. The van der Waals surface area contributed by atoms with E-state index in [1.54, 1.807) is 44.2 Å². The molecule has 1 saturated heterocycles. The first-order valence-corrected chi connectivity index (χ1v) is 9.85. The SMILES string of the molecule is COCCNC(=O)[C@H](C)N1CC[C@]2(CCC1=O)CC(=O)c1ccc(OC)cc1O2. The minimum atomic E-state index is -0.743. The highest BCUT2D eigenvalue weighted by Crippen LogP contribution is 2.41. The number of carbonyl (C=O) groups is 3.